The second-order valence-corrected chi connectivity index (χ2v) is 15.2. The van der Waals surface area contributed by atoms with Gasteiger partial charge in [-0.15, -0.1) is 0 Å². The summed E-state index contributed by atoms with van der Waals surface area (Å²) in [6.45, 7) is 2.62. The molecule has 0 amide bonds. The summed E-state index contributed by atoms with van der Waals surface area (Å²) in [5.74, 6) is -2.46. The summed E-state index contributed by atoms with van der Waals surface area (Å²) in [4.78, 5) is 45.9. The van der Waals surface area contributed by atoms with Gasteiger partial charge in [0.05, 0.1) is 13.2 Å². The van der Waals surface area contributed by atoms with Gasteiger partial charge in [0, 0.05) is 12.8 Å². The zero-order valence-corrected chi connectivity index (χ0v) is 34.9. The third-order valence-electron chi connectivity index (χ3n) is 8.53. The first kappa shape index (κ1) is 52.2. The average molecular weight is 796 g/mol. The lowest BCUT2D eigenvalue weighted by atomic mass is 10.0. The lowest BCUT2D eigenvalue weighted by Gasteiger charge is -2.20. The second kappa shape index (κ2) is 38.1. The number of aliphatic carboxylic acids is 1. The molecule has 11 nitrogen and oxygen atoms in total. The Kier molecular flexibility index (Phi) is 36.1. The lowest BCUT2D eigenvalue weighted by molar-refractivity contribution is -0.161. The Hall–Kier alpha value is -2.82. The van der Waals surface area contributed by atoms with Crippen LogP contribution in [0, 0.1) is 0 Å². The number of carboxylic acids is 1. The highest BCUT2D eigenvalue weighted by Gasteiger charge is 2.28. The summed E-state index contributed by atoms with van der Waals surface area (Å²) >= 11 is 0. The molecule has 0 heterocycles. The summed E-state index contributed by atoms with van der Waals surface area (Å²) in [5, 5.41) is 8.88. The summed E-state index contributed by atoms with van der Waals surface area (Å²) in [5.41, 5.74) is 5.32. The molecule has 0 rings (SSSR count). The van der Waals surface area contributed by atoms with E-state index in [-0.39, 0.29) is 19.4 Å². The van der Waals surface area contributed by atoms with Gasteiger partial charge in [-0.2, -0.15) is 0 Å². The molecule has 0 aromatic carbocycles. The number of carbonyl (C=O) groups is 3. The third-order valence-corrected chi connectivity index (χ3v) is 9.48. The minimum Gasteiger partial charge on any atom is -0.480 e. The van der Waals surface area contributed by atoms with Gasteiger partial charge in [0.15, 0.2) is 6.10 Å². The van der Waals surface area contributed by atoms with Crippen LogP contribution < -0.4 is 5.73 Å². The van der Waals surface area contributed by atoms with Crippen molar-refractivity contribution in [2.24, 2.45) is 5.73 Å². The Morgan fingerprint density at radius 1 is 0.582 bits per heavy atom. The Morgan fingerprint density at radius 2 is 1.02 bits per heavy atom. The SMILES string of the molecule is CC/C=C/C/C=C/C/C=C/C/C=C/C/C=C/CCCC(=O)OC[C@H](COP(=O)(O)OC[C@H](N)C(=O)O)OC(=O)CCCCCCCCCCCCCCCC. The van der Waals surface area contributed by atoms with Crippen LogP contribution in [0.1, 0.15) is 162 Å². The molecule has 4 N–H and O–H groups in total. The summed E-state index contributed by atoms with van der Waals surface area (Å²) < 4.78 is 32.6. The minimum absolute atomic E-state index is 0.142. The van der Waals surface area contributed by atoms with Gasteiger partial charge in [-0.25, -0.2) is 4.57 Å². The van der Waals surface area contributed by atoms with Crippen LogP contribution in [0.3, 0.4) is 0 Å². The van der Waals surface area contributed by atoms with Gasteiger partial charge in [0.25, 0.3) is 0 Å². The number of allylic oxidation sites excluding steroid dienone is 10. The van der Waals surface area contributed by atoms with Crippen LogP contribution in [-0.4, -0.2) is 59.9 Å². The van der Waals surface area contributed by atoms with Crippen molar-refractivity contribution in [3.63, 3.8) is 0 Å². The molecule has 1 unspecified atom stereocenters. The maximum atomic E-state index is 12.6. The van der Waals surface area contributed by atoms with Crippen LogP contribution in [0.15, 0.2) is 60.8 Å². The molecule has 0 saturated carbocycles. The molecule has 0 aromatic rings. The van der Waals surface area contributed by atoms with Crippen molar-refractivity contribution in [1.29, 1.82) is 0 Å². The van der Waals surface area contributed by atoms with E-state index in [1.165, 1.54) is 64.2 Å². The number of unbranched alkanes of at least 4 members (excludes halogenated alkanes) is 14. The number of carbonyl (C=O) groups excluding carboxylic acids is 2. The number of carboxylic acid groups (broad SMARTS) is 1. The minimum atomic E-state index is -4.73. The highest BCUT2D eigenvalue weighted by molar-refractivity contribution is 7.47. The van der Waals surface area contributed by atoms with E-state index in [0.29, 0.717) is 19.3 Å². The number of hydrogen-bond acceptors (Lipinski definition) is 9. The van der Waals surface area contributed by atoms with Gasteiger partial charge in [-0.1, -0.05) is 158 Å². The molecule has 0 aliphatic rings. The second-order valence-electron chi connectivity index (χ2n) is 13.7. The normalized spacial score (nSPS) is 14.4. The van der Waals surface area contributed by atoms with Crippen LogP contribution in [-0.2, 0) is 37.5 Å². The Labute approximate surface area is 332 Å². The first-order valence-electron chi connectivity index (χ1n) is 20.8. The third kappa shape index (κ3) is 37.9. The zero-order valence-electron chi connectivity index (χ0n) is 34.0. The van der Waals surface area contributed by atoms with Crippen LogP contribution in [0.2, 0.25) is 0 Å². The van der Waals surface area contributed by atoms with E-state index in [2.05, 4.69) is 67.0 Å². The van der Waals surface area contributed by atoms with Crippen molar-refractivity contribution >= 4 is 25.7 Å². The summed E-state index contributed by atoms with van der Waals surface area (Å²) in [7, 11) is -4.73. The van der Waals surface area contributed by atoms with E-state index in [1.807, 2.05) is 12.2 Å². The fourth-order valence-corrected chi connectivity index (χ4v) is 6.05. The van der Waals surface area contributed by atoms with Gasteiger partial charge >= 0.3 is 25.7 Å². The van der Waals surface area contributed by atoms with E-state index in [1.54, 1.807) is 0 Å². The number of rotatable bonds is 38. The Bertz CT molecular complexity index is 1170. The molecular weight excluding hydrogens is 721 g/mol. The standard InChI is InChI=1S/C43H74NO10P/c1-3-5-7-9-11-13-15-17-19-20-21-23-24-26-28-30-32-34-41(45)51-36-39(37-52-55(49,50)53-38-40(44)43(47)48)54-42(46)35-33-31-29-27-25-22-18-16-14-12-10-8-6-4-2/h5,7,11,13,17,19,21,23,26,28,39-40H,3-4,6,8-10,12,14-16,18,20,22,24-25,27,29-38,44H2,1-2H3,(H,47,48)(H,49,50)/b7-5+,13-11+,19-17+,23-21+,28-26+/t39-,40+/m1/s1. The highest BCUT2D eigenvalue weighted by Crippen LogP contribution is 2.43. The van der Waals surface area contributed by atoms with Crippen LogP contribution in [0.4, 0.5) is 0 Å². The van der Waals surface area contributed by atoms with Crippen molar-refractivity contribution in [2.75, 3.05) is 19.8 Å². The summed E-state index contributed by atoms with van der Waals surface area (Å²) in [6.07, 6.45) is 42.9. The van der Waals surface area contributed by atoms with Crippen molar-refractivity contribution in [1.82, 2.24) is 0 Å². The predicted molar refractivity (Wildman–Crippen MR) is 221 cm³/mol. The lowest BCUT2D eigenvalue weighted by Crippen LogP contribution is -2.34. The van der Waals surface area contributed by atoms with Gasteiger partial charge in [-0.05, 0) is 51.4 Å². The zero-order chi connectivity index (χ0) is 40.7. The summed E-state index contributed by atoms with van der Waals surface area (Å²) in [6, 6.07) is -1.53. The molecular formula is C43H74NO10P. The number of esters is 2. The van der Waals surface area contributed by atoms with Crippen molar-refractivity contribution < 1.29 is 47.5 Å². The maximum absolute atomic E-state index is 12.6. The van der Waals surface area contributed by atoms with Crippen molar-refractivity contribution in [3.8, 4) is 0 Å². The molecule has 0 saturated heterocycles. The molecule has 55 heavy (non-hydrogen) atoms. The quantitative estimate of drug-likeness (QED) is 0.0235. The molecule has 0 aliphatic carbocycles. The molecule has 3 atom stereocenters. The Morgan fingerprint density at radius 3 is 1.51 bits per heavy atom. The van der Waals surface area contributed by atoms with Gasteiger partial charge in [0.1, 0.15) is 12.6 Å². The van der Waals surface area contributed by atoms with Gasteiger partial charge in [0.2, 0.25) is 0 Å². The topological polar surface area (TPSA) is 172 Å². The first-order chi connectivity index (χ1) is 26.6. The van der Waals surface area contributed by atoms with Gasteiger partial charge < -0.3 is 25.2 Å². The molecule has 0 aliphatic heterocycles. The number of nitrogens with two attached hydrogens (primary N) is 1. The maximum Gasteiger partial charge on any atom is 0.472 e. The average Bonchev–Trinajstić information content (AvgIpc) is 3.16. The van der Waals surface area contributed by atoms with Crippen molar-refractivity contribution in [3.05, 3.63) is 60.8 Å². The fraction of sp³-hybridized carbons (Fsp3) is 0.698. The predicted octanol–water partition coefficient (Wildman–Crippen LogP) is 10.8. The monoisotopic (exact) mass is 796 g/mol. The largest absolute Gasteiger partial charge is 0.480 e. The van der Waals surface area contributed by atoms with E-state index < -0.39 is 51.1 Å². The van der Waals surface area contributed by atoms with Crippen LogP contribution in [0.25, 0.3) is 0 Å². The molecule has 0 radical (unpaired) electrons. The number of phosphoric ester groups is 1. The molecule has 0 fully saturated rings. The number of phosphoric acid groups is 1. The molecule has 316 valence electrons. The van der Waals surface area contributed by atoms with E-state index in [0.717, 1.165) is 51.4 Å². The van der Waals surface area contributed by atoms with E-state index in [9.17, 15) is 23.8 Å². The first-order valence-corrected chi connectivity index (χ1v) is 22.3. The van der Waals surface area contributed by atoms with Crippen LogP contribution in [0.5, 0.6) is 0 Å². The molecule has 0 aromatic heterocycles. The highest BCUT2D eigenvalue weighted by atomic mass is 31.2. The number of ether oxygens (including phenoxy) is 2. The van der Waals surface area contributed by atoms with E-state index in [4.69, 9.17) is 24.8 Å². The van der Waals surface area contributed by atoms with Crippen molar-refractivity contribution in [2.45, 2.75) is 174 Å². The smallest absolute Gasteiger partial charge is 0.472 e. The number of hydrogen-bond donors (Lipinski definition) is 3. The molecule has 12 heteroatoms. The van der Waals surface area contributed by atoms with Crippen LogP contribution >= 0.6 is 7.82 Å². The van der Waals surface area contributed by atoms with Gasteiger partial charge in [-0.3, -0.25) is 23.4 Å². The fourth-order valence-electron chi connectivity index (χ4n) is 5.28. The molecule has 0 bridgehead atoms. The van der Waals surface area contributed by atoms with E-state index >= 15 is 0 Å². The molecule has 0 spiro atoms. The Balaban J connectivity index is 4.49.